The molecule has 1 rings (SSSR count). The fourth-order valence-electron chi connectivity index (χ4n) is 5.84. The number of aromatic nitrogens is 2. The smallest absolute Gasteiger partial charge is 0.234 e. The number of imidazole rings is 1. The van der Waals surface area contributed by atoms with Gasteiger partial charge in [-0.2, -0.15) is 0 Å². The van der Waals surface area contributed by atoms with Crippen molar-refractivity contribution in [2.24, 2.45) is 0 Å². The van der Waals surface area contributed by atoms with E-state index in [9.17, 15) is 0 Å². The zero-order valence-electron chi connectivity index (χ0n) is 26.2. The molecule has 0 bridgehead atoms. The van der Waals surface area contributed by atoms with Crippen LogP contribution in [0.5, 0.6) is 0 Å². The first-order valence-corrected chi connectivity index (χ1v) is 17.3. The molecule has 1 aromatic heterocycles. The first-order chi connectivity index (χ1) is 18.2. The molecule has 0 aliphatic carbocycles. The third kappa shape index (κ3) is 19.0. The van der Waals surface area contributed by atoms with Crippen LogP contribution >= 0.6 is 0 Å². The maximum atomic E-state index is 2.58. The highest BCUT2D eigenvalue weighted by molar-refractivity contribution is 4.86. The fourth-order valence-corrected chi connectivity index (χ4v) is 5.84. The molecular weight excluding hydrogens is 448 g/mol. The lowest BCUT2D eigenvalue weighted by molar-refractivity contribution is -0.704. The maximum absolute atomic E-state index is 2.58. The molecule has 0 aliphatic rings. The van der Waals surface area contributed by atoms with Gasteiger partial charge in [0.2, 0.25) is 0 Å². The molecule has 0 saturated carbocycles. The summed E-state index contributed by atoms with van der Waals surface area (Å²) in [7, 11) is 0. The number of rotatable bonds is 28. The van der Waals surface area contributed by atoms with Crippen LogP contribution in [0.25, 0.3) is 0 Å². The first-order valence-electron chi connectivity index (χ1n) is 17.3. The quantitative estimate of drug-likeness (QED) is 0.0771. The summed E-state index contributed by atoms with van der Waals surface area (Å²) in [6.07, 6.45) is 41.8. The number of aryl methyl sites for hydroxylation is 1. The van der Waals surface area contributed by atoms with Crippen LogP contribution in [0.3, 0.4) is 0 Å². The van der Waals surface area contributed by atoms with Gasteiger partial charge in [0.1, 0.15) is 12.4 Å². The van der Waals surface area contributed by atoms with Crippen LogP contribution in [-0.2, 0) is 13.0 Å². The van der Waals surface area contributed by atoms with E-state index < -0.39 is 0 Å². The zero-order chi connectivity index (χ0) is 26.8. The normalized spacial score (nSPS) is 11.7. The molecule has 0 atom stereocenters. The second kappa shape index (κ2) is 25.5. The fraction of sp³-hybridized carbons (Fsp3) is 0.914. The van der Waals surface area contributed by atoms with E-state index in [0.29, 0.717) is 6.04 Å². The van der Waals surface area contributed by atoms with E-state index >= 15 is 0 Å². The van der Waals surface area contributed by atoms with E-state index in [1.54, 1.807) is 5.82 Å². The number of hydrogen-bond donors (Lipinski definition) is 0. The van der Waals surface area contributed by atoms with E-state index in [1.165, 1.54) is 173 Å². The Kier molecular flexibility index (Phi) is 23.6. The summed E-state index contributed by atoms with van der Waals surface area (Å²) < 4.78 is 5.11. The molecule has 0 fully saturated rings. The van der Waals surface area contributed by atoms with Crippen molar-refractivity contribution in [3.05, 3.63) is 18.2 Å². The van der Waals surface area contributed by atoms with Crippen molar-refractivity contribution in [1.82, 2.24) is 4.57 Å². The van der Waals surface area contributed by atoms with Gasteiger partial charge in [0.25, 0.3) is 5.82 Å². The van der Waals surface area contributed by atoms with Crippen molar-refractivity contribution in [2.75, 3.05) is 0 Å². The lowest BCUT2D eigenvalue weighted by atomic mass is 10.0. The standard InChI is InChI=1S/C35H69N2/c1-5-7-9-11-13-15-17-18-19-20-21-22-24-26-28-30-35-36(32-33-37(35)34(3)4)31-29-27-25-23-16-14-12-10-8-6-2/h32-34H,5-31H2,1-4H3/q+1. The molecule has 0 spiro atoms. The molecule has 0 aromatic carbocycles. The van der Waals surface area contributed by atoms with Crippen molar-refractivity contribution in [3.8, 4) is 0 Å². The van der Waals surface area contributed by atoms with E-state index in [2.05, 4.69) is 49.2 Å². The molecule has 0 saturated heterocycles. The zero-order valence-corrected chi connectivity index (χ0v) is 26.2. The predicted octanol–water partition coefficient (Wildman–Crippen LogP) is 11.7. The second-order valence-electron chi connectivity index (χ2n) is 12.3. The molecule has 0 N–H and O–H groups in total. The van der Waals surface area contributed by atoms with Gasteiger partial charge in [-0.25, -0.2) is 9.13 Å². The van der Waals surface area contributed by atoms with E-state index in [1.807, 2.05) is 0 Å². The Balaban J connectivity index is 2.08. The third-order valence-corrected chi connectivity index (χ3v) is 8.35. The minimum atomic E-state index is 0.570. The highest BCUT2D eigenvalue weighted by atomic mass is 15.2. The summed E-state index contributed by atoms with van der Waals surface area (Å²) >= 11 is 0. The first kappa shape index (κ1) is 34.2. The number of hydrogen-bond acceptors (Lipinski definition) is 0. The van der Waals surface area contributed by atoms with Crippen LogP contribution in [0.2, 0.25) is 0 Å². The summed E-state index contributed by atoms with van der Waals surface area (Å²) in [6, 6.07) is 0.570. The van der Waals surface area contributed by atoms with E-state index in [-0.39, 0.29) is 0 Å². The van der Waals surface area contributed by atoms with Gasteiger partial charge in [0.05, 0.1) is 12.6 Å². The van der Waals surface area contributed by atoms with Crippen LogP contribution in [0, 0.1) is 0 Å². The summed E-state index contributed by atoms with van der Waals surface area (Å²) in [5, 5.41) is 0. The van der Waals surface area contributed by atoms with Crippen molar-refractivity contribution in [2.45, 2.75) is 207 Å². The monoisotopic (exact) mass is 518 g/mol. The van der Waals surface area contributed by atoms with E-state index in [4.69, 9.17) is 0 Å². The van der Waals surface area contributed by atoms with Gasteiger partial charge in [-0.1, -0.05) is 155 Å². The Morgan fingerprint density at radius 2 is 0.865 bits per heavy atom. The minimum Gasteiger partial charge on any atom is -0.234 e. The van der Waals surface area contributed by atoms with Gasteiger partial charge in [-0.05, 0) is 33.1 Å². The molecule has 0 amide bonds. The van der Waals surface area contributed by atoms with Crippen molar-refractivity contribution in [3.63, 3.8) is 0 Å². The van der Waals surface area contributed by atoms with Crippen LogP contribution in [0.15, 0.2) is 12.4 Å². The van der Waals surface area contributed by atoms with Gasteiger partial charge >= 0.3 is 0 Å². The van der Waals surface area contributed by atoms with Gasteiger partial charge in [-0.3, -0.25) is 0 Å². The number of unbranched alkanes of at least 4 members (excludes halogenated alkanes) is 23. The average molecular weight is 518 g/mol. The highest BCUT2D eigenvalue weighted by Gasteiger charge is 2.18. The Labute approximate surface area is 234 Å². The molecule has 0 unspecified atom stereocenters. The topological polar surface area (TPSA) is 8.81 Å². The summed E-state index contributed by atoms with van der Waals surface area (Å²) in [6.45, 7) is 10.5. The van der Waals surface area contributed by atoms with Crippen LogP contribution in [0.1, 0.15) is 200 Å². The minimum absolute atomic E-state index is 0.570. The molecule has 1 aromatic rings. The van der Waals surface area contributed by atoms with Gasteiger partial charge in [0.15, 0.2) is 0 Å². The molecule has 1 heterocycles. The van der Waals surface area contributed by atoms with E-state index in [0.717, 1.165) is 0 Å². The molecule has 37 heavy (non-hydrogen) atoms. The Morgan fingerprint density at radius 1 is 0.514 bits per heavy atom. The van der Waals surface area contributed by atoms with Crippen LogP contribution < -0.4 is 4.57 Å². The molecule has 218 valence electrons. The maximum Gasteiger partial charge on any atom is 0.256 e. The number of nitrogens with zero attached hydrogens (tertiary/aromatic N) is 2. The Hall–Kier alpha value is -0.790. The average Bonchev–Trinajstić information content (AvgIpc) is 3.30. The van der Waals surface area contributed by atoms with Gasteiger partial charge in [0, 0.05) is 6.42 Å². The summed E-state index contributed by atoms with van der Waals surface area (Å²) in [5.74, 6) is 1.57. The summed E-state index contributed by atoms with van der Waals surface area (Å²) in [4.78, 5) is 0. The lowest BCUT2D eigenvalue weighted by Gasteiger charge is -2.08. The van der Waals surface area contributed by atoms with Gasteiger partial charge < -0.3 is 0 Å². The molecule has 0 radical (unpaired) electrons. The third-order valence-electron chi connectivity index (χ3n) is 8.35. The molecule has 2 nitrogen and oxygen atoms in total. The lowest BCUT2D eigenvalue weighted by Crippen LogP contribution is -2.37. The van der Waals surface area contributed by atoms with Crippen molar-refractivity contribution >= 4 is 0 Å². The molecular formula is C35H69N2+. The summed E-state index contributed by atoms with van der Waals surface area (Å²) in [5.41, 5.74) is 0. The predicted molar refractivity (Wildman–Crippen MR) is 165 cm³/mol. The Bertz CT molecular complexity index is 588. The van der Waals surface area contributed by atoms with Crippen LogP contribution in [0.4, 0.5) is 0 Å². The van der Waals surface area contributed by atoms with Gasteiger partial charge in [-0.15, -0.1) is 0 Å². The Morgan fingerprint density at radius 3 is 1.24 bits per heavy atom. The highest BCUT2D eigenvalue weighted by Crippen LogP contribution is 2.16. The van der Waals surface area contributed by atoms with Crippen LogP contribution in [-0.4, -0.2) is 4.57 Å². The molecule has 2 heteroatoms. The second-order valence-corrected chi connectivity index (χ2v) is 12.3. The molecule has 0 aliphatic heterocycles. The van der Waals surface area contributed by atoms with Crippen molar-refractivity contribution in [1.29, 1.82) is 0 Å². The SMILES string of the molecule is CCCCCCCCCCCCCCCCCc1n(C(C)C)cc[n+]1CCCCCCCCCCCC. The van der Waals surface area contributed by atoms with Crippen molar-refractivity contribution < 1.29 is 4.57 Å². The largest absolute Gasteiger partial charge is 0.256 e.